The van der Waals surface area contributed by atoms with Crippen LogP contribution >= 0.6 is 0 Å². The maximum Gasteiger partial charge on any atom is 0.169 e. The van der Waals surface area contributed by atoms with Gasteiger partial charge in [-0.3, -0.25) is 0 Å². The van der Waals surface area contributed by atoms with E-state index in [2.05, 4.69) is 31.2 Å². The molecule has 1 aliphatic rings. The highest BCUT2D eigenvalue weighted by Crippen LogP contribution is 2.44. The standard InChI is InChI=1S/C17H27FN2O/c1-5-19-16(17(20(2)3)11-6-7-12-17)13-9-8-10-14(21-4)15(13)18/h8-10,16,19H,5-7,11-12H2,1-4H3. The smallest absolute Gasteiger partial charge is 0.169 e. The van der Waals surface area contributed by atoms with E-state index < -0.39 is 0 Å². The quantitative estimate of drug-likeness (QED) is 0.870. The molecule has 0 amide bonds. The Balaban J connectivity index is 2.48. The van der Waals surface area contributed by atoms with Gasteiger partial charge in [-0.05, 0) is 39.5 Å². The molecule has 0 radical (unpaired) electrons. The molecule has 0 spiro atoms. The van der Waals surface area contributed by atoms with E-state index in [4.69, 9.17) is 4.74 Å². The summed E-state index contributed by atoms with van der Waals surface area (Å²) in [6.45, 7) is 2.89. The zero-order valence-corrected chi connectivity index (χ0v) is 13.6. The molecule has 1 saturated carbocycles. The van der Waals surface area contributed by atoms with Gasteiger partial charge in [0.15, 0.2) is 11.6 Å². The fourth-order valence-electron chi connectivity index (χ4n) is 3.68. The number of ether oxygens (including phenoxy) is 1. The minimum atomic E-state index is -0.237. The zero-order valence-electron chi connectivity index (χ0n) is 13.6. The van der Waals surface area contributed by atoms with Crippen molar-refractivity contribution < 1.29 is 9.13 Å². The lowest BCUT2D eigenvalue weighted by Gasteiger charge is -2.44. The van der Waals surface area contributed by atoms with Crippen molar-refractivity contribution in [1.29, 1.82) is 0 Å². The van der Waals surface area contributed by atoms with Gasteiger partial charge in [-0.25, -0.2) is 4.39 Å². The maximum atomic E-state index is 14.7. The molecule has 1 aromatic carbocycles. The monoisotopic (exact) mass is 294 g/mol. The predicted octanol–water partition coefficient (Wildman–Crippen LogP) is 3.36. The summed E-state index contributed by atoms with van der Waals surface area (Å²) in [4.78, 5) is 2.27. The number of nitrogens with one attached hydrogen (secondary N) is 1. The first kappa shape index (κ1) is 16.2. The Morgan fingerprint density at radius 3 is 2.52 bits per heavy atom. The molecule has 0 aliphatic heterocycles. The van der Waals surface area contributed by atoms with Crippen LogP contribution in [0.2, 0.25) is 0 Å². The number of halogens is 1. The first-order valence-electron chi connectivity index (χ1n) is 7.80. The van der Waals surface area contributed by atoms with Crippen molar-refractivity contribution in [3.63, 3.8) is 0 Å². The first-order valence-corrected chi connectivity index (χ1v) is 7.80. The van der Waals surface area contributed by atoms with E-state index in [0.29, 0.717) is 11.3 Å². The third-order valence-corrected chi connectivity index (χ3v) is 4.83. The van der Waals surface area contributed by atoms with Gasteiger partial charge in [0.25, 0.3) is 0 Å². The maximum absolute atomic E-state index is 14.7. The van der Waals surface area contributed by atoms with Gasteiger partial charge in [0, 0.05) is 11.1 Å². The fourth-order valence-corrected chi connectivity index (χ4v) is 3.68. The van der Waals surface area contributed by atoms with Crippen LogP contribution in [0, 0.1) is 5.82 Å². The average molecular weight is 294 g/mol. The molecule has 4 heteroatoms. The van der Waals surface area contributed by atoms with Crippen LogP contribution in [-0.4, -0.2) is 38.2 Å². The molecular weight excluding hydrogens is 267 g/mol. The molecule has 0 bridgehead atoms. The molecule has 1 aliphatic carbocycles. The van der Waals surface area contributed by atoms with Crippen LogP contribution in [0.3, 0.4) is 0 Å². The van der Waals surface area contributed by atoms with Crippen molar-refractivity contribution in [2.75, 3.05) is 27.7 Å². The minimum Gasteiger partial charge on any atom is -0.494 e. The predicted molar refractivity (Wildman–Crippen MR) is 84.3 cm³/mol. The summed E-state index contributed by atoms with van der Waals surface area (Å²) >= 11 is 0. The van der Waals surface area contributed by atoms with Gasteiger partial charge in [0.1, 0.15) is 0 Å². The second-order valence-electron chi connectivity index (χ2n) is 6.06. The van der Waals surface area contributed by atoms with E-state index in [9.17, 15) is 4.39 Å². The molecule has 1 unspecified atom stereocenters. The summed E-state index contributed by atoms with van der Waals surface area (Å²) in [7, 11) is 5.73. The molecular formula is C17H27FN2O. The molecule has 0 saturated heterocycles. The SMILES string of the molecule is CCNC(c1cccc(OC)c1F)C1(N(C)C)CCCC1. The van der Waals surface area contributed by atoms with Crippen LogP contribution in [0.15, 0.2) is 18.2 Å². The molecule has 1 atom stereocenters. The van der Waals surface area contributed by atoms with Gasteiger partial charge in [0.05, 0.1) is 13.2 Å². The van der Waals surface area contributed by atoms with Crippen molar-refractivity contribution in [2.24, 2.45) is 0 Å². The van der Waals surface area contributed by atoms with E-state index >= 15 is 0 Å². The van der Waals surface area contributed by atoms with Crippen molar-refractivity contribution in [3.8, 4) is 5.75 Å². The third kappa shape index (κ3) is 2.92. The van der Waals surface area contributed by atoms with Gasteiger partial charge in [-0.2, -0.15) is 0 Å². The molecule has 0 aromatic heterocycles. The molecule has 1 N–H and O–H groups in total. The van der Waals surface area contributed by atoms with Crippen molar-refractivity contribution in [2.45, 2.75) is 44.2 Å². The lowest BCUT2D eigenvalue weighted by molar-refractivity contribution is 0.103. The van der Waals surface area contributed by atoms with Crippen molar-refractivity contribution in [1.82, 2.24) is 10.2 Å². The van der Waals surface area contributed by atoms with Crippen LogP contribution < -0.4 is 10.1 Å². The Hall–Kier alpha value is -1.13. The number of rotatable bonds is 6. The number of benzene rings is 1. The topological polar surface area (TPSA) is 24.5 Å². The van der Waals surface area contributed by atoms with Crippen LogP contribution in [0.1, 0.15) is 44.2 Å². The first-order chi connectivity index (χ1) is 10.1. The molecule has 0 heterocycles. The fraction of sp³-hybridized carbons (Fsp3) is 0.647. The number of likely N-dealkylation sites (N-methyl/N-ethyl adjacent to an activating group) is 2. The molecule has 1 aromatic rings. The number of nitrogens with zero attached hydrogens (tertiary/aromatic N) is 1. The molecule has 2 rings (SSSR count). The van der Waals surface area contributed by atoms with Crippen LogP contribution in [0.4, 0.5) is 4.39 Å². The number of hydrogen-bond acceptors (Lipinski definition) is 3. The van der Waals surface area contributed by atoms with Gasteiger partial charge >= 0.3 is 0 Å². The number of methoxy groups -OCH3 is 1. The normalized spacial score (nSPS) is 19.0. The highest BCUT2D eigenvalue weighted by atomic mass is 19.1. The average Bonchev–Trinajstić information content (AvgIpc) is 2.96. The van der Waals surface area contributed by atoms with Crippen LogP contribution in [-0.2, 0) is 0 Å². The van der Waals surface area contributed by atoms with E-state index in [1.165, 1.54) is 20.0 Å². The van der Waals surface area contributed by atoms with Crippen molar-refractivity contribution >= 4 is 0 Å². The summed E-state index contributed by atoms with van der Waals surface area (Å²) in [6, 6.07) is 5.42. The highest BCUT2D eigenvalue weighted by Gasteiger charge is 2.44. The summed E-state index contributed by atoms with van der Waals surface area (Å²) in [5.74, 6) is 0.0846. The Kier molecular flexibility index (Phi) is 5.22. The number of hydrogen-bond donors (Lipinski definition) is 1. The lowest BCUT2D eigenvalue weighted by atomic mass is 9.82. The van der Waals surface area contributed by atoms with E-state index in [1.54, 1.807) is 6.07 Å². The Bertz CT molecular complexity index is 470. The highest BCUT2D eigenvalue weighted by molar-refractivity contribution is 5.35. The molecule has 21 heavy (non-hydrogen) atoms. The minimum absolute atomic E-state index is 0.0184. The van der Waals surface area contributed by atoms with Gasteiger partial charge in [-0.1, -0.05) is 31.9 Å². The van der Waals surface area contributed by atoms with E-state index in [1.807, 2.05) is 12.1 Å². The van der Waals surface area contributed by atoms with E-state index in [0.717, 1.165) is 19.4 Å². The molecule has 3 nitrogen and oxygen atoms in total. The Morgan fingerprint density at radius 1 is 1.33 bits per heavy atom. The third-order valence-electron chi connectivity index (χ3n) is 4.83. The van der Waals surface area contributed by atoms with Gasteiger partial charge in [0.2, 0.25) is 0 Å². The Labute approximate surface area is 127 Å². The molecule has 1 fully saturated rings. The summed E-state index contributed by atoms with van der Waals surface area (Å²) < 4.78 is 19.9. The summed E-state index contributed by atoms with van der Waals surface area (Å²) in [5, 5.41) is 3.52. The van der Waals surface area contributed by atoms with Gasteiger partial charge in [-0.15, -0.1) is 0 Å². The van der Waals surface area contributed by atoms with Crippen molar-refractivity contribution in [3.05, 3.63) is 29.6 Å². The summed E-state index contributed by atoms with van der Waals surface area (Å²) in [5.41, 5.74) is 0.690. The van der Waals surface area contributed by atoms with E-state index in [-0.39, 0.29) is 17.4 Å². The van der Waals surface area contributed by atoms with Crippen LogP contribution in [0.5, 0.6) is 5.75 Å². The lowest BCUT2D eigenvalue weighted by Crippen LogP contribution is -2.52. The largest absolute Gasteiger partial charge is 0.494 e. The second-order valence-corrected chi connectivity index (χ2v) is 6.06. The Morgan fingerprint density at radius 2 is 2.00 bits per heavy atom. The summed E-state index contributed by atoms with van der Waals surface area (Å²) in [6.07, 6.45) is 4.58. The van der Waals surface area contributed by atoms with Gasteiger partial charge < -0.3 is 15.0 Å². The van der Waals surface area contributed by atoms with Crippen LogP contribution in [0.25, 0.3) is 0 Å². The molecule has 118 valence electrons. The zero-order chi connectivity index (χ0) is 15.5. The second kappa shape index (κ2) is 6.75.